The Morgan fingerprint density at radius 3 is 2.88 bits per heavy atom. The van der Waals surface area contributed by atoms with Gasteiger partial charge in [-0.15, -0.1) is 11.3 Å². The van der Waals surface area contributed by atoms with E-state index in [0.29, 0.717) is 0 Å². The highest BCUT2D eigenvalue weighted by Crippen LogP contribution is 2.39. The SMILES string of the molecule is COC1(CC(N)CCc2cccs2)CCC1. The highest BCUT2D eigenvalue weighted by Gasteiger charge is 2.38. The van der Waals surface area contributed by atoms with Gasteiger partial charge in [0.25, 0.3) is 0 Å². The predicted molar refractivity (Wildman–Crippen MR) is 68.8 cm³/mol. The van der Waals surface area contributed by atoms with Crippen LogP contribution in [0.5, 0.6) is 0 Å². The first-order chi connectivity index (χ1) is 7.74. The van der Waals surface area contributed by atoms with Gasteiger partial charge in [-0.25, -0.2) is 0 Å². The number of nitrogens with two attached hydrogens (primary N) is 1. The van der Waals surface area contributed by atoms with Crippen molar-refractivity contribution in [3.05, 3.63) is 22.4 Å². The third-order valence-electron chi connectivity index (χ3n) is 3.67. The highest BCUT2D eigenvalue weighted by atomic mass is 32.1. The maximum absolute atomic E-state index is 6.19. The molecule has 1 aromatic rings. The van der Waals surface area contributed by atoms with Crippen molar-refractivity contribution in [2.24, 2.45) is 5.73 Å². The van der Waals surface area contributed by atoms with Crippen LogP contribution in [-0.4, -0.2) is 18.8 Å². The van der Waals surface area contributed by atoms with E-state index in [-0.39, 0.29) is 11.6 Å². The first-order valence-corrected chi connectivity index (χ1v) is 6.95. The van der Waals surface area contributed by atoms with Crippen LogP contribution in [0.15, 0.2) is 17.5 Å². The average molecular weight is 239 g/mol. The molecule has 0 aliphatic heterocycles. The minimum atomic E-state index is 0.120. The Kier molecular flexibility index (Phi) is 4.00. The molecule has 0 amide bonds. The Labute approximate surface area is 102 Å². The zero-order valence-electron chi connectivity index (χ0n) is 9.95. The number of rotatable bonds is 6. The van der Waals surface area contributed by atoms with Gasteiger partial charge in [0.1, 0.15) is 0 Å². The molecule has 0 spiro atoms. The zero-order valence-corrected chi connectivity index (χ0v) is 10.8. The summed E-state index contributed by atoms with van der Waals surface area (Å²) in [6.45, 7) is 0. The molecule has 1 aliphatic carbocycles. The second kappa shape index (κ2) is 5.30. The van der Waals surface area contributed by atoms with Crippen LogP contribution in [0.2, 0.25) is 0 Å². The van der Waals surface area contributed by atoms with Gasteiger partial charge in [-0.05, 0) is 50.0 Å². The van der Waals surface area contributed by atoms with Gasteiger partial charge in [0.05, 0.1) is 5.60 Å². The lowest BCUT2D eigenvalue weighted by Crippen LogP contribution is -2.44. The molecule has 0 bridgehead atoms. The van der Waals surface area contributed by atoms with Crippen LogP contribution in [0, 0.1) is 0 Å². The van der Waals surface area contributed by atoms with E-state index in [1.54, 1.807) is 0 Å². The van der Waals surface area contributed by atoms with Crippen molar-refractivity contribution in [1.82, 2.24) is 0 Å². The van der Waals surface area contributed by atoms with Gasteiger partial charge in [0, 0.05) is 18.0 Å². The van der Waals surface area contributed by atoms with Crippen molar-refractivity contribution in [3.63, 3.8) is 0 Å². The monoisotopic (exact) mass is 239 g/mol. The highest BCUT2D eigenvalue weighted by molar-refractivity contribution is 7.09. The fourth-order valence-corrected chi connectivity index (χ4v) is 3.15. The molecule has 0 saturated heterocycles. The third kappa shape index (κ3) is 2.84. The molecule has 0 radical (unpaired) electrons. The molecule has 1 heterocycles. The molecule has 90 valence electrons. The van der Waals surface area contributed by atoms with E-state index >= 15 is 0 Å². The lowest BCUT2D eigenvalue weighted by molar-refractivity contribution is -0.0817. The normalized spacial score (nSPS) is 20.4. The molecule has 2 N–H and O–H groups in total. The Morgan fingerprint density at radius 1 is 1.56 bits per heavy atom. The van der Waals surface area contributed by atoms with Crippen molar-refractivity contribution in [3.8, 4) is 0 Å². The molecule has 1 atom stereocenters. The van der Waals surface area contributed by atoms with Crippen LogP contribution in [0.4, 0.5) is 0 Å². The minimum Gasteiger partial charge on any atom is -0.378 e. The van der Waals surface area contributed by atoms with E-state index in [9.17, 15) is 0 Å². The molecular weight excluding hydrogens is 218 g/mol. The number of thiophene rings is 1. The van der Waals surface area contributed by atoms with E-state index in [2.05, 4.69) is 17.5 Å². The summed E-state index contributed by atoms with van der Waals surface area (Å²) in [6, 6.07) is 4.57. The molecule has 0 aromatic carbocycles. The summed E-state index contributed by atoms with van der Waals surface area (Å²) in [4.78, 5) is 1.44. The number of ether oxygens (including phenoxy) is 1. The molecule has 1 fully saturated rings. The standard InChI is InChI=1S/C13H21NOS/c1-15-13(7-3-8-13)10-11(14)5-6-12-4-2-9-16-12/h2,4,9,11H,3,5-8,10,14H2,1H3. The maximum atomic E-state index is 6.19. The van der Waals surface area contributed by atoms with Gasteiger partial charge >= 0.3 is 0 Å². The van der Waals surface area contributed by atoms with E-state index in [4.69, 9.17) is 10.5 Å². The van der Waals surface area contributed by atoms with E-state index in [1.807, 2.05) is 18.4 Å². The van der Waals surface area contributed by atoms with E-state index in [0.717, 1.165) is 19.3 Å². The smallest absolute Gasteiger partial charge is 0.0693 e. The van der Waals surface area contributed by atoms with Gasteiger partial charge in [-0.1, -0.05) is 6.07 Å². The summed E-state index contributed by atoms with van der Waals surface area (Å²) in [6.07, 6.45) is 6.89. The molecule has 1 aromatic heterocycles. The molecule has 1 aliphatic rings. The van der Waals surface area contributed by atoms with Crippen molar-refractivity contribution in [2.75, 3.05) is 7.11 Å². The molecule has 1 saturated carbocycles. The summed E-state index contributed by atoms with van der Waals surface area (Å²) >= 11 is 1.82. The van der Waals surface area contributed by atoms with Gasteiger partial charge < -0.3 is 10.5 Å². The Bertz CT molecular complexity index is 300. The fraction of sp³-hybridized carbons (Fsp3) is 0.692. The van der Waals surface area contributed by atoms with Crippen LogP contribution >= 0.6 is 11.3 Å². The van der Waals surface area contributed by atoms with Crippen molar-refractivity contribution in [1.29, 1.82) is 0 Å². The third-order valence-corrected chi connectivity index (χ3v) is 4.61. The number of methoxy groups -OCH3 is 1. The zero-order chi connectivity index (χ0) is 11.4. The Balaban J connectivity index is 1.73. The van der Waals surface area contributed by atoms with Crippen molar-refractivity contribution >= 4 is 11.3 Å². The lowest BCUT2D eigenvalue weighted by atomic mass is 9.75. The van der Waals surface area contributed by atoms with E-state index in [1.165, 1.54) is 24.1 Å². The molecule has 1 unspecified atom stereocenters. The largest absolute Gasteiger partial charge is 0.378 e. The van der Waals surface area contributed by atoms with Crippen LogP contribution in [-0.2, 0) is 11.2 Å². The Morgan fingerprint density at radius 2 is 2.38 bits per heavy atom. The van der Waals surface area contributed by atoms with Gasteiger partial charge in [-0.2, -0.15) is 0 Å². The van der Waals surface area contributed by atoms with Crippen molar-refractivity contribution < 1.29 is 4.74 Å². The summed E-state index contributed by atoms with van der Waals surface area (Å²) in [5.41, 5.74) is 6.31. The second-order valence-corrected chi connectivity index (χ2v) is 5.86. The molecule has 2 nitrogen and oxygen atoms in total. The van der Waals surface area contributed by atoms with Gasteiger partial charge in [0.2, 0.25) is 0 Å². The molecule has 3 heteroatoms. The summed E-state index contributed by atoms with van der Waals surface area (Å²) in [5.74, 6) is 0. The van der Waals surface area contributed by atoms with Crippen LogP contribution < -0.4 is 5.73 Å². The quantitative estimate of drug-likeness (QED) is 0.828. The molecular formula is C13H21NOS. The van der Waals surface area contributed by atoms with Crippen LogP contribution in [0.1, 0.15) is 37.0 Å². The number of hydrogen-bond donors (Lipinski definition) is 1. The first kappa shape index (κ1) is 12.1. The predicted octanol–water partition coefficient (Wildman–Crippen LogP) is 2.97. The summed E-state index contributed by atoms with van der Waals surface area (Å²) < 4.78 is 5.60. The first-order valence-electron chi connectivity index (χ1n) is 6.07. The lowest BCUT2D eigenvalue weighted by Gasteiger charge is -2.42. The Hall–Kier alpha value is -0.380. The topological polar surface area (TPSA) is 35.2 Å². The van der Waals surface area contributed by atoms with Crippen LogP contribution in [0.25, 0.3) is 0 Å². The van der Waals surface area contributed by atoms with Gasteiger partial charge in [-0.3, -0.25) is 0 Å². The summed E-state index contributed by atoms with van der Waals surface area (Å²) in [7, 11) is 1.82. The summed E-state index contributed by atoms with van der Waals surface area (Å²) in [5, 5.41) is 2.13. The van der Waals surface area contributed by atoms with Crippen molar-refractivity contribution in [2.45, 2.75) is 50.2 Å². The van der Waals surface area contributed by atoms with Gasteiger partial charge in [0.15, 0.2) is 0 Å². The van der Waals surface area contributed by atoms with Crippen LogP contribution in [0.3, 0.4) is 0 Å². The number of aryl methyl sites for hydroxylation is 1. The molecule has 16 heavy (non-hydrogen) atoms. The number of hydrogen-bond acceptors (Lipinski definition) is 3. The van der Waals surface area contributed by atoms with E-state index < -0.39 is 0 Å². The maximum Gasteiger partial charge on any atom is 0.0693 e. The fourth-order valence-electron chi connectivity index (χ4n) is 2.43. The average Bonchev–Trinajstić information content (AvgIpc) is 2.73. The molecule has 2 rings (SSSR count). The minimum absolute atomic E-state index is 0.120. The second-order valence-electron chi connectivity index (χ2n) is 4.82.